The smallest absolute Gasteiger partial charge is 0.321 e. The fourth-order valence-electron chi connectivity index (χ4n) is 4.48. The number of carbonyl (C=O) groups excluding carboxylic acids is 1. The number of hydrogen-bond donors (Lipinski definition) is 1. The van der Waals surface area contributed by atoms with Crippen LogP contribution in [0.1, 0.15) is 41.6 Å². The van der Waals surface area contributed by atoms with Gasteiger partial charge in [0.15, 0.2) is 0 Å². The number of rotatable bonds is 6. The number of urea groups is 1. The Morgan fingerprint density at radius 1 is 1.00 bits per heavy atom. The normalized spacial score (nSPS) is 13.9. The highest BCUT2D eigenvalue weighted by Gasteiger charge is 2.24. The molecule has 0 saturated carbocycles. The maximum Gasteiger partial charge on any atom is 0.321 e. The van der Waals surface area contributed by atoms with Crippen LogP contribution < -0.4 is 10.2 Å². The van der Waals surface area contributed by atoms with Crippen LogP contribution in [0.25, 0.3) is 0 Å². The number of nitro benzene ring substituents is 1. The first-order chi connectivity index (χ1) is 17.3. The number of carbonyl (C=O) groups is 1. The number of benzene rings is 2. The second-order valence-corrected chi connectivity index (χ2v) is 9.10. The zero-order chi connectivity index (χ0) is 25.7. The van der Waals surface area contributed by atoms with Gasteiger partial charge in [-0.05, 0) is 44.4 Å². The van der Waals surface area contributed by atoms with Gasteiger partial charge >= 0.3 is 6.03 Å². The van der Waals surface area contributed by atoms with Gasteiger partial charge in [0.2, 0.25) is 0 Å². The lowest BCUT2D eigenvalue weighted by molar-refractivity contribution is -0.384. The van der Waals surface area contributed by atoms with Gasteiger partial charge < -0.3 is 15.1 Å². The quantitative estimate of drug-likeness (QED) is 0.391. The Balaban J connectivity index is 1.49. The summed E-state index contributed by atoms with van der Waals surface area (Å²) in [5.74, 6) is 1.71. The summed E-state index contributed by atoms with van der Waals surface area (Å²) in [7, 11) is 0. The maximum absolute atomic E-state index is 12.9. The van der Waals surface area contributed by atoms with E-state index >= 15 is 0 Å². The monoisotopic (exact) mass is 488 g/mol. The molecule has 1 fully saturated rings. The van der Waals surface area contributed by atoms with E-state index in [9.17, 15) is 14.9 Å². The van der Waals surface area contributed by atoms with E-state index in [-0.39, 0.29) is 11.7 Å². The molecule has 9 heteroatoms. The predicted octanol–water partition coefficient (Wildman–Crippen LogP) is 4.90. The van der Waals surface area contributed by atoms with Crippen molar-refractivity contribution in [3.05, 3.63) is 86.9 Å². The number of anilines is 2. The maximum atomic E-state index is 12.9. The van der Waals surface area contributed by atoms with Crippen LogP contribution in [-0.4, -0.2) is 52.0 Å². The zero-order valence-corrected chi connectivity index (χ0v) is 21.0. The van der Waals surface area contributed by atoms with Gasteiger partial charge in [-0.25, -0.2) is 14.8 Å². The summed E-state index contributed by atoms with van der Waals surface area (Å²) >= 11 is 0. The van der Waals surface area contributed by atoms with E-state index in [0.29, 0.717) is 25.3 Å². The van der Waals surface area contributed by atoms with E-state index in [4.69, 9.17) is 9.97 Å². The SMILES string of the molecule is CCc1nc(C)nc(N2CCCN(C(=O)Nc3ccc([N+](=O)[O-])cc3)CC2)c1Cc1ccc(C)cc1. The first-order valence-corrected chi connectivity index (χ1v) is 12.3. The van der Waals surface area contributed by atoms with Crippen LogP contribution in [0.5, 0.6) is 0 Å². The average Bonchev–Trinajstić information content (AvgIpc) is 3.13. The second-order valence-electron chi connectivity index (χ2n) is 9.10. The number of nitrogens with one attached hydrogen (secondary N) is 1. The van der Waals surface area contributed by atoms with Crippen molar-refractivity contribution in [2.45, 2.75) is 40.0 Å². The van der Waals surface area contributed by atoms with Crippen molar-refractivity contribution >= 4 is 23.2 Å². The van der Waals surface area contributed by atoms with E-state index in [2.05, 4.69) is 48.3 Å². The van der Waals surface area contributed by atoms with Crippen molar-refractivity contribution in [3.8, 4) is 0 Å². The Kier molecular flexibility index (Phi) is 7.77. The fraction of sp³-hybridized carbons (Fsp3) is 0.370. The summed E-state index contributed by atoms with van der Waals surface area (Å²) in [4.78, 5) is 37.0. The van der Waals surface area contributed by atoms with Crippen molar-refractivity contribution in [1.82, 2.24) is 14.9 Å². The first-order valence-electron chi connectivity index (χ1n) is 12.3. The van der Waals surface area contributed by atoms with Crippen molar-refractivity contribution in [2.75, 3.05) is 36.4 Å². The van der Waals surface area contributed by atoms with Crippen LogP contribution in [-0.2, 0) is 12.8 Å². The number of nitrogens with zero attached hydrogens (tertiary/aromatic N) is 5. The third-order valence-corrected chi connectivity index (χ3v) is 6.43. The molecule has 0 bridgehead atoms. The van der Waals surface area contributed by atoms with E-state index < -0.39 is 4.92 Å². The Labute approximate surface area is 211 Å². The molecule has 3 aromatic rings. The summed E-state index contributed by atoms with van der Waals surface area (Å²) in [5, 5.41) is 13.7. The third-order valence-electron chi connectivity index (χ3n) is 6.43. The van der Waals surface area contributed by atoms with Crippen LogP contribution in [0.2, 0.25) is 0 Å². The molecule has 0 radical (unpaired) electrons. The average molecular weight is 489 g/mol. The van der Waals surface area contributed by atoms with Crippen LogP contribution in [0, 0.1) is 24.0 Å². The van der Waals surface area contributed by atoms with Crippen LogP contribution in [0.15, 0.2) is 48.5 Å². The molecule has 0 atom stereocenters. The molecular weight excluding hydrogens is 456 g/mol. The Bertz CT molecular complexity index is 1230. The summed E-state index contributed by atoms with van der Waals surface area (Å²) in [5.41, 5.74) is 5.20. The predicted molar refractivity (Wildman–Crippen MR) is 141 cm³/mol. The second kappa shape index (κ2) is 11.2. The molecule has 2 aromatic carbocycles. The number of amides is 2. The van der Waals surface area contributed by atoms with Crippen LogP contribution in [0.3, 0.4) is 0 Å². The lowest BCUT2D eigenvalue weighted by atomic mass is 10.0. The standard InChI is InChI=1S/C27H32N6O3/c1-4-25-24(18-21-8-6-19(2)7-9-21)26(29-20(3)28-25)31-14-5-15-32(17-16-31)27(34)30-22-10-12-23(13-11-22)33(35)36/h6-13H,4-5,14-18H2,1-3H3,(H,30,34). The van der Waals surface area contributed by atoms with Gasteiger partial charge in [-0.1, -0.05) is 36.8 Å². The Morgan fingerprint density at radius 2 is 1.72 bits per heavy atom. The highest BCUT2D eigenvalue weighted by molar-refractivity contribution is 5.89. The molecule has 2 amide bonds. The summed E-state index contributed by atoms with van der Waals surface area (Å²) in [6.07, 6.45) is 2.40. The number of hydrogen-bond acceptors (Lipinski definition) is 6. The van der Waals surface area contributed by atoms with Crippen molar-refractivity contribution in [1.29, 1.82) is 0 Å². The first kappa shape index (κ1) is 25.1. The molecule has 0 spiro atoms. The molecule has 36 heavy (non-hydrogen) atoms. The van der Waals surface area contributed by atoms with E-state index in [0.717, 1.165) is 48.7 Å². The minimum absolute atomic E-state index is 0.00792. The number of aromatic nitrogens is 2. The summed E-state index contributed by atoms with van der Waals surface area (Å²) in [6, 6.07) is 14.2. The van der Waals surface area contributed by atoms with Gasteiger partial charge in [0, 0.05) is 61.7 Å². The zero-order valence-electron chi connectivity index (χ0n) is 21.0. The minimum Gasteiger partial charge on any atom is -0.354 e. The van der Waals surface area contributed by atoms with Gasteiger partial charge in [0.25, 0.3) is 5.69 Å². The van der Waals surface area contributed by atoms with Crippen molar-refractivity contribution in [3.63, 3.8) is 0 Å². The topological polar surface area (TPSA) is 104 Å². The van der Waals surface area contributed by atoms with E-state index in [1.807, 2.05) is 6.92 Å². The minimum atomic E-state index is -0.457. The highest BCUT2D eigenvalue weighted by atomic mass is 16.6. The number of non-ortho nitro benzene ring substituents is 1. The molecule has 1 N–H and O–H groups in total. The van der Waals surface area contributed by atoms with Crippen LogP contribution in [0.4, 0.5) is 22.0 Å². The molecule has 188 valence electrons. The molecule has 4 rings (SSSR count). The Hall–Kier alpha value is -4.01. The van der Waals surface area contributed by atoms with Crippen molar-refractivity contribution in [2.24, 2.45) is 0 Å². The van der Waals surface area contributed by atoms with E-state index in [1.54, 1.807) is 17.0 Å². The van der Waals surface area contributed by atoms with Crippen molar-refractivity contribution < 1.29 is 9.72 Å². The summed E-state index contributed by atoms with van der Waals surface area (Å²) < 4.78 is 0. The molecule has 9 nitrogen and oxygen atoms in total. The molecule has 1 aliphatic rings. The lowest BCUT2D eigenvalue weighted by Crippen LogP contribution is -2.38. The van der Waals surface area contributed by atoms with Gasteiger partial charge in [-0.3, -0.25) is 10.1 Å². The fourth-order valence-corrected chi connectivity index (χ4v) is 4.48. The molecule has 0 unspecified atom stereocenters. The Morgan fingerprint density at radius 3 is 2.39 bits per heavy atom. The molecular formula is C27H32N6O3. The van der Waals surface area contributed by atoms with Gasteiger partial charge in [0.05, 0.1) is 4.92 Å². The highest BCUT2D eigenvalue weighted by Crippen LogP contribution is 2.26. The van der Waals surface area contributed by atoms with Gasteiger partial charge in [-0.15, -0.1) is 0 Å². The molecule has 1 saturated heterocycles. The number of nitro groups is 1. The number of aryl methyl sites for hydroxylation is 3. The molecule has 0 aliphatic carbocycles. The van der Waals surface area contributed by atoms with Gasteiger partial charge in [-0.2, -0.15) is 0 Å². The molecule has 2 heterocycles. The lowest BCUT2D eigenvalue weighted by Gasteiger charge is -2.26. The molecule has 1 aliphatic heterocycles. The largest absolute Gasteiger partial charge is 0.354 e. The summed E-state index contributed by atoms with van der Waals surface area (Å²) in [6.45, 7) is 8.76. The van der Waals surface area contributed by atoms with Crippen LogP contribution >= 0.6 is 0 Å². The van der Waals surface area contributed by atoms with Gasteiger partial charge in [0.1, 0.15) is 11.6 Å². The molecule has 1 aromatic heterocycles. The van der Waals surface area contributed by atoms with E-state index in [1.165, 1.54) is 23.3 Å². The third kappa shape index (κ3) is 5.97.